The van der Waals surface area contributed by atoms with E-state index in [0.717, 1.165) is 0 Å². The summed E-state index contributed by atoms with van der Waals surface area (Å²) in [5, 5.41) is 3.20. The molecule has 0 rings (SSSR count). The van der Waals surface area contributed by atoms with Crippen LogP contribution < -0.4 is 0 Å². The number of carbonyl (C=O) groups is 2. The van der Waals surface area contributed by atoms with Crippen molar-refractivity contribution in [1.82, 2.24) is 0 Å². The Hall–Kier alpha value is -1.75. The predicted molar refractivity (Wildman–Crippen MR) is 46.2 cm³/mol. The molecule has 0 fully saturated rings. The van der Waals surface area contributed by atoms with Gasteiger partial charge >= 0.3 is 11.9 Å². The number of methoxy groups -OCH3 is 2. The molecule has 0 saturated heterocycles. The molecule has 0 N–H and O–H groups in total. The lowest BCUT2D eigenvalue weighted by molar-refractivity contribution is -0.143. The number of carbonyl (C=O) groups excluding carboxylic acids is 2. The van der Waals surface area contributed by atoms with Crippen molar-refractivity contribution in [2.75, 3.05) is 14.2 Å². The van der Waals surface area contributed by atoms with E-state index < -0.39 is 18.0 Å². The minimum absolute atomic E-state index is 0.00921. The molecule has 0 amide bonds. The van der Waals surface area contributed by atoms with Crippen LogP contribution in [0.1, 0.15) is 12.8 Å². The number of ether oxygens (including phenoxy) is 2. The van der Waals surface area contributed by atoms with E-state index in [4.69, 9.17) is 5.53 Å². The molecule has 0 aliphatic carbocycles. The van der Waals surface area contributed by atoms with Crippen LogP contribution in [0.2, 0.25) is 0 Å². The zero-order valence-electron chi connectivity index (χ0n) is 7.97. The Morgan fingerprint density at radius 1 is 1.43 bits per heavy atom. The maximum Gasteiger partial charge on any atom is 0.314 e. The predicted octanol–water partition coefficient (Wildman–Crippen LogP) is 0.791. The Labute approximate surface area is 80.6 Å². The summed E-state index contributed by atoms with van der Waals surface area (Å²) in [6, 6.07) is -0.968. The minimum atomic E-state index is -0.968. The molecule has 0 heterocycles. The number of esters is 2. The second-order valence-electron chi connectivity index (χ2n) is 2.36. The van der Waals surface area contributed by atoms with Gasteiger partial charge in [-0.2, -0.15) is 0 Å². The van der Waals surface area contributed by atoms with Crippen LogP contribution in [0.3, 0.4) is 0 Å². The van der Waals surface area contributed by atoms with E-state index in [0.29, 0.717) is 0 Å². The number of rotatable bonds is 5. The van der Waals surface area contributed by atoms with Gasteiger partial charge in [0.05, 0.1) is 14.2 Å². The third-order valence-corrected chi connectivity index (χ3v) is 1.51. The summed E-state index contributed by atoms with van der Waals surface area (Å²) in [6.45, 7) is 0. The van der Waals surface area contributed by atoms with Crippen LogP contribution in [0.4, 0.5) is 0 Å². The molecule has 0 aliphatic rings. The molecule has 1 atom stereocenters. The van der Waals surface area contributed by atoms with Crippen LogP contribution in [0.15, 0.2) is 5.11 Å². The molecule has 14 heavy (non-hydrogen) atoms. The van der Waals surface area contributed by atoms with Crippen molar-refractivity contribution in [2.45, 2.75) is 18.9 Å². The summed E-state index contributed by atoms with van der Waals surface area (Å²) in [7, 11) is 2.42. The first-order valence-electron chi connectivity index (χ1n) is 3.84. The van der Waals surface area contributed by atoms with Crippen LogP contribution in [0.25, 0.3) is 10.4 Å². The van der Waals surface area contributed by atoms with E-state index in [9.17, 15) is 9.59 Å². The molecular formula is C7H11N3O4. The van der Waals surface area contributed by atoms with E-state index in [1.807, 2.05) is 0 Å². The van der Waals surface area contributed by atoms with Gasteiger partial charge in [0.1, 0.15) is 6.04 Å². The molecule has 0 aromatic carbocycles. The van der Waals surface area contributed by atoms with Crippen LogP contribution in [0.5, 0.6) is 0 Å². The van der Waals surface area contributed by atoms with Crippen molar-refractivity contribution >= 4 is 11.9 Å². The zero-order valence-corrected chi connectivity index (χ0v) is 7.97. The van der Waals surface area contributed by atoms with Crippen molar-refractivity contribution in [3.8, 4) is 0 Å². The number of hydrogen-bond acceptors (Lipinski definition) is 5. The first-order valence-corrected chi connectivity index (χ1v) is 3.84. The normalized spacial score (nSPS) is 11.0. The zero-order chi connectivity index (χ0) is 11.0. The first kappa shape index (κ1) is 12.2. The highest BCUT2D eigenvalue weighted by molar-refractivity contribution is 5.77. The average molecular weight is 201 g/mol. The lowest BCUT2D eigenvalue weighted by Crippen LogP contribution is -2.20. The molecule has 7 nitrogen and oxygen atoms in total. The van der Waals surface area contributed by atoms with Gasteiger partial charge in [0.25, 0.3) is 0 Å². The Bertz CT molecular complexity index is 260. The monoisotopic (exact) mass is 201 g/mol. The molecule has 0 saturated carbocycles. The molecular weight excluding hydrogens is 190 g/mol. The summed E-state index contributed by atoms with van der Waals surface area (Å²) < 4.78 is 8.74. The quantitative estimate of drug-likeness (QED) is 0.284. The summed E-state index contributed by atoms with van der Waals surface area (Å²) >= 11 is 0. The highest BCUT2D eigenvalue weighted by Gasteiger charge is 2.18. The van der Waals surface area contributed by atoms with Crippen LogP contribution in [-0.2, 0) is 19.1 Å². The maximum atomic E-state index is 11.0. The standard InChI is InChI=1S/C7H11N3O4/c1-13-6(11)4-3-5(9-10-8)7(12)14-2/h5H,3-4H2,1-2H3/t5-/m1/s1. The van der Waals surface area contributed by atoms with E-state index >= 15 is 0 Å². The topological polar surface area (TPSA) is 101 Å². The highest BCUT2D eigenvalue weighted by Crippen LogP contribution is 2.05. The second kappa shape index (κ2) is 6.73. The van der Waals surface area contributed by atoms with E-state index in [1.165, 1.54) is 14.2 Å². The molecule has 7 heteroatoms. The van der Waals surface area contributed by atoms with Crippen molar-refractivity contribution in [2.24, 2.45) is 5.11 Å². The third-order valence-electron chi connectivity index (χ3n) is 1.51. The second-order valence-corrected chi connectivity index (χ2v) is 2.36. The van der Waals surface area contributed by atoms with Gasteiger partial charge in [-0.3, -0.25) is 9.59 Å². The third kappa shape index (κ3) is 4.32. The smallest absolute Gasteiger partial charge is 0.314 e. The largest absolute Gasteiger partial charge is 0.469 e. The van der Waals surface area contributed by atoms with Crippen molar-refractivity contribution in [3.63, 3.8) is 0 Å². The lowest BCUT2D eigenvalue weighted by Gasteiger charge is -2.06. The molecule has 0 unspecified atom stereocenters. The van der Waals surface area contributed by atoms with Gasteiger partial charge in [-0.25, -0.2) is 0 Å². The minimum Gasteiger partial charge on any atom is -0.469 e. The molecule has 78 valence electrons. The SMILES string of the molecule is COC(=O)CC[C@@H](N=[N+]=[N-])C(=O)OC. The van der Waals surface area contributed by atoms with E-state index in [2.05, 4.69) is 19.5 Å². The molecule has 0 aliphatic heterocycles. The first-order chi connectivity index (χ1) is 6.65. The molecule has 0 spiro atoms. The summed E-state index contributed by atoms with van der Waals surface area (Å²) in [4.78, 5) is 24.2. The molecule has 0 radical (unpaired) electrons. The summed E-state index contributed by atoms with van der Waals surface area (Å²) in [6.07, 6.45) is 0.0959. The number of nitrogens with zero attached hydrogens (tertiary/aromatic N) is 3. The number of azide groups is 1. The van der Waals surface area contributed by atoms with Gasteiger partial charge in [-0.1, -0.05) is 5.11 Å². The Morgan fingerprint density at radius 3 is 2.50 bits per heavy atom. The Balaban J connectivity index is 4.17. The summed E-state index contributed by atoms with van der Waals surface area (Å²) in [5.74, 6) is -1.13. The van der Waals surface area contributed by atoms with Crippen LogP contribution in [0, 0.1) is 0 Å². The fourth-order valence-corrected chi connectivity index (χ4v) is 0.778. The lowest BCUT2D eigenvalue weighted by atomic mass is 10.2. The Morgan fingerprint density at radius 2 is 2.07 bits per heavy atom. The molecule has 0 aromatic heterocycles. The van der Waals surface area contributed by atoms with Gasteiger partial charge < -0.3 is 9.47 Å². The van der Waals surface area contributed by atoms with Gasteiger partial charge in [0, 0.05) is 11.3 Å². The average Bonchev–Trinajstić information content (AvgIpc) is 2.22. The van der Waals surface area contributed by atoms with Crippen molar-refractivity contribution in [1.29, 1.82) is 0 Å². The van der Waals surface area contributed by atoms with Crippen LogP contribution in [-0.4, -0.2) is 32.2 Å². The van der Waals surface area contributed by atoms with E-state index in [1.54, 1.807) is 0 Å². The summed E-state index contributed by atoms with van der Waals surface area (Å²) in [5.41, 5.74) is 8.14. The molecule has 0 aromatic rings. The van der Waals surface area contributed by atoms with Crippen LogP contribution >= 0.6 is 0 Å². The maximum absolute atomic E-state index is 11.0. The van der Waals surface area contributed by atoms with Gasteiger partial charge in [0.2, 0.25) is 0 Å². The highest BCUT2D eigenvalue weighted by atomic mass is 16.5. The van der Waals surface area contributed by atoms with Crippen molar-refractivity contribution in [3.05, 3.63) is 10.4 Å². The molecule has 0 bridgehead atoms. The van der Waals surface area contributed by atoms with E-state index in [-0.39, 0.29) is 12.8 Å². The van der Waals surface area contributed by atoms with Gasteiger partial charge in [-0.05, 0) is 12.0 Å². The Kier molecular flexibility index (Phi) is 5.89. The number of hydrogen-bond donors (Lipinski definition) is 0. The van der Waals surface area contributed by atoms with Gasteiger partial charge in [0.15, 0.2) is 0 Å². The fraction of sp³-hybridized carbons (Fsp3) is 0.714. The van der Waals surface area contributed by atoms with Crippen molar-refractivity contribution < 1.29 is 19.1 Å². The fourth-order valence-electron chi connectivity index (χ4n) is 0.778. The van der Waals surface area contributed by atoms with Gasteiger partial charge in [-0.15, -0.1) is 0 Å².